The third kappa shape index (κ3) is 3.67. The summed E-state index contributed by atoms with van der Waals surface area (Å²) >= 11 is 1.32. The molecule has 0 bridgehead atoms. The van der Waals surface area contributed by atoms with E-state index in [1.165, 1.54) is 24.0 Å². The van der Waals surface area contributed by atoms with Crippen LogP contribution < -0.4 is 4.74 Å². The summed E-state index contributed by atoms with van der Waals surface area (Å²) in [5.41, 5.74) is 0.883. The Hall–Kier alpha value is -2.94. The van der Waals surface area contributed by atoms with E-state index in [9.17, 15) is 10.1 Å². The molecule has 8 nitrogen and oxygen atoms in total. The van der Waals surface area contributed by atoms with Crippen molar-refractivity contribution in [3.05, 3.63) is 52.7 Å². The maximum Gasteiger partial charge on any atom is 0.287 e. The van der Waals surface area contributed by atoms with Crippen LogP contribution in [0.5, 0.6) is 5.75 Å². The van der Waals surface area contributed by atoms with Crippen LogP contribution in [0.2, 0.25) is 0 Å². The van der Waals surface area contributed by atoms with E-state index in [1.807, 2.05) is 42.7 Å². The lowest BCUT2D eigenvalue weighted by molar-refractivity contribution is -0.385. The highest BCUT2D eigenvalue weighted by Crippen LogP contribution is 2.32. The van der Waals surface area contributed by atoms with Gasteiger partial charge in [0.15, 0.2) is 11.0 Å². The van der Waals surface area contributed by atoms with Crippen molar-refractivity contribution in [2.75, 3.05) is 7.11 Å². The SMILES string of the molecule is COc1ccc(-c2nnc(Sc3ccc([N+](=O)[O-])cn3)n2C(C)C)cc1. The quantitative estimate of drug-likeness (QED) is 0.477. The maximum atomic E-state index is 10.7. The predicted molar refractivity (Wildman–Crippen MR) is 97.4 cm³/mol. The molecule has 0 unspecified atom stereocenters. The molecule has 3 aromatic rings. The lowest BCUT2D eigenvalue weighted by atomic mass is 10.2. The molecule has 0 aliphatic heterocycles. The van der Waals surface area contributed by atoms with Crippen LogP contribution in [0.4, 0.5) is 5.69 Å². The molecule has 0 saturated heterocycles. The highest BCUT2D eigenvalue weighted by atomic mass is 32.2. The Morgan fingerprint density at radius 2 is 1.88 bits per heavy atom. The first-order valence-corrected chi connectivity index (χ1v) is 8.69. The van der Waals surface area contributed by atoms with Crippen molar-refractivity contribution in [1.29, 1.82) is 0 Å². The van der Waals surface area contributed by atoms with Gasteiger partial charge in [0.1, 0.15) is 17.0 Å². The second kappa shape index (κ2) is 7.52. The van der Waals surface area contributed by atoms with E-state index in [2.05, 4.69) is 15.2 Å². The summed E-state index contributed by atoms with van der Waals surface area (Å²) in [6, 6.07) is 10.8. The van der Waals surface area contributed by atoms with Crippen molar-refractivity contribution in [1.82, 2.24) is 19.7 Å². The monoisotopic (exact) mass is 371 g/mol. The van der Waals surface area contributed by atoms with E-state index < -0.39 is 4.92 Å². The van der Waals surface area contributed by atoms with Crippen LogP contribution in [-0.4, -0.2) is 31.8 Å². The second-order valence-corrected chi connectivity index (χ2v) is 6.70. The molecule has 26 heavy (non-hydrogen) atoms. The molecule has 0 aliphatic rings. The first-order valence-electron chi connectivity index (χ1n) is 7.87. The maximum absolute atomic E-state index is 10.7. The fourth-order valence-corrected chi connectivity index (χ4v) is 3.29. The van der Waals surface area contributed by atoms with Crippen molar-refractivity contribution >= 4 is 17.4 Å². The molecule has 0 fully saturated rings. The minimum Gasteiger partial charge on any atom is -0.497 e. The van der Waals surface area contributed by atoms with Crippen LogP contribution in [-0.2, 0) is 0 Å². The molecule has 0 N–H and O–H groups in total. The fourth-order valence-electron chi connectivity index (χ4n) is 2.38. The van der Waals surface area contributed by atoms with Gasteiger partial charge in [0.05, 0.1) is 12.0 Å². The lowest BCUT2D eigenvalue weighted by Gasteiger charge is -2.13. The van der Waals surface area contributed by atoms with Gasteiger partial charge in [-0.2, -0.15) is 0 Å². The largest absolute Gasteiger partial charge is 0.497 e. The zero-order valence-corrected chi connectivity index (χ0v) is 15.3. The minimum atomic E-state index is -0.472. The zero-order chi connectivity index (χ0) is 18.7. The highest BCUT2D eigenvalue weighted by Gasteiger charge is 2.18. The number of ether oxygens (including phenoxy) is 1. The standard InChI is InChI=1S/C17H17N5O3S/c1-11(2)21-16(12-4-7-14(25-3)8-5-12)19-20-17(21)26-15-9-6-13(10-18-15)22(23)24/h4-11H,1-3H3. The third-order valence-electron chi connectivity index (χ3n) is 3.66. The number of rotatable bonds is 6. The summed E-state index contributed by atoms with van der Waals surface area (Å²) in [5.74, 6) is 1.51. The highest BCUT2D eigenvalue weighted by molar-refractivity contribution is 7.99. The molecule has 0 spiro atoms. The van der Waals surface area contributed by atoms with Crippen molar-refractivity contribution in [3.63, 3.8) is 0 Å². The summed E-state index contributed by atoms with van der Waals surface area (Å²) < 4.78 is 7.20. The Bertz CT molecular complexity index is 907. The molecule has 9 heteroatoms. The summed E-state index contributed by atoms with van der Waals surface area (Å²) in [6.07, 6.45) is 1.24. The topological polar surface area (TPSA) is 96.0 Å². The van der Waals surface area contributed by atoms with Crippen LogP contribution >= 0.6 is 11.8 Å². The Kier molecular flexibility index (Phi) is 5.17. The van der Waals surface area contributed by atoms with Crippen molar-refractivity contribution in [2.24, 2.45) is 0 Å². The van der Waals surface area contributed by atoms with Crippen molar-refractivity contribution in [2.45, 2.75) is 30.1 Å². The van der Waals surface area contributed by atoms with Gasteiger partial charge in [-0.15, -0.1) is 10.2 Å². The zero-order valence-electron chi connectivity index (χ0n) is 14.5. The van der Waals surface area contributed by atoms with Gasteiger partial charge in [-0.05, 0) is 55.9 Å². The van der Waals surface area contributed by atoms with Crippen LogP contribution in [0.25, 0.3) is 11.4 Å². The molecule has 2 heterocycles. The van der Waals surface area contributed by atoms with E-state index in [-0.39, 0.29) is 11.7 Å². The van der Waals surface area contributed by atoms with Gasteiger partial charge in [-0.1, -0.05) is 0 Å². The van der Waals surface area contributed by atoms with Gasteiger partial charge in [0.2, 0.25) is 0 Å². The van der Waals surface area contributed by atoms with Gasteiger partial charge >= 0.3 is 0 Å². The molecule has 2 aromatic heterocycles. The van der Waals surface area contributed by atoms with Crippen LogP contribution in [0, 0.1) is 10.1 Å². The molecule has 0 amide bonds. The normalized spacial score (nSPS) is 10.9. The first-order chi connectivity index (χ1) is 12.5. The molecule has 1 aromatic carbocycles. The average Bonchev–Trinajstić information content (AvgIpc) is 3.06. The molecular weight excluding hydrogens is 354 g/mol. The molecular formula is C17H17N5O3S. The van der Waals surface area contributed by atoms with Gasteiger partial charge < -0.3 is 4.74 Å². The summed E-state index contributed by atoms with van der Waals surface area (Å²) in [4.78, 5) is 14.4. The summed E-state index contributed by atoms with van der Waals surface area (Å²) in [5, 5.41) is 20.6. The van der Waals surface area contributed by atoms with Crippen LogP contribution in [0.3, 0.4) is 0 Å². The molecule has 0 saturated carbocycles. The Morgan fingerprint density at radius 1 is 1.15 bits per heavy atom. The third-order valence-corrected chi connectivity index (χ3v) is 4.57. The van der Waals surface area contributed by atoms with Gasteiger partial charge in [-0.25, -0.2) is 4.98 Å². The number of methoxy groups -OCH3 is 1. The van der Waals surface area contributed by atoms with Crippen molar-refractivity contribution < 1.29 is 9.66 Å². The second-order valence-electron chi connectivity index (χ2n) is 5.71. The van der Waals surface area contributed by atoms with Gasteiger partial charge in [0, 0.05) is 17.7 Å². The van der Waals surface area contributed by atoms with E-state index in [0.29, 0.717) is 10.2 Å². The Morgan fingerprint density at radius 3 is 2.42 bits per heavy atom. The average molecular weight is 371 g/mol. The Labute approximate surface area is 154 Å². The van der Waals surface area contributed by atoms with E-state index in [0.717, 1.165) is 17.1 Å². The molecule has 0 radical (unpaired) electrons. The number of aromatic nitrogens is 4. The Balaban J connectivity index is 1.92. The number of nitro groups is 1. The van der Waals surface area contributed by atoms with E-state index >= 15 is 0 Å². The lowest BCUT2D eigenvalue weighted by Crippen LogP contribution is -2.05. The summed E-state index contributed by atoms with van der Waals surface area (Å²) in [7, 11) is 1.62. The molecule has 0 aliphatic carbocycles. The predicted octanol–water partition coefficient (Wildman–Crippen LogP) is 3.99. The first kappa shape index (κ1) is 17.9. The van der Waals surface area contributed by atoms with Crippen LogP contribution in [0.1, 0.15) is 19.9 Å². The number of hydrogen-bond donors (Lipinski definition) is 0. The molecule has 134 valence electrons. The van der Waals surface area contributed by atoms with E-state index in [4.69, 9.17) is 4.74 Å². The number of nitrogens with zero attached hydrogens (tertiary/aromatic N) is 5. The number of hydrogen-bond acceptors (Lipinski definition) is 7. The molecule has 3 rings (SSSR count). The van der Waals surface area contributed by atoms with Gasteiger partial charge in [-0.3, -0.25) is 14.7 Å². The van der Waals surface area contributed by atoms with Crippen molar-refractivity contribution in [3.8, 4) is 17.1 Å². The van der Waals surface area contributed by atoms with Crippen LogP contribution in [0.15, 0.2) is 52.8 Å². The number of pyridine rings is 1. The minimum absolute atomic E-state index is 0.0430. The fraction of sp³-hybridized carbons (Fsp3) is 0.235. The van der Waals surface area contributed by atoms with Gasteiger partial charge in [0.25, 0.3) is 5.69 Å². The van der Waals surface area contributed by atoms with E-state index in [1.54, 1.807) is 13.2 Å². The summed E-state index contributed by atoms with van der Waals surface area (Å²) in [6.45, 7) is 4.09. The molecule has 0 atom stereocenters. The smallest absolute Gasteiger partial charge is 0.287 e. The number of benzene rings is 1.